The Bertz CT molecular complexity index is 11.6. The van der Waals surface area contributed by atoms with Gasteiger partial charge in [0.15, 0.2) is 0 Å². The number of hydrogen-bond donors (Lipinski definition) is 0. The van der Waals surface area contributed by atoms with Crippen LogP contribution < -0.4 is 0 Å². The molecule has 0 atom stereocenters. The summed E-state index contributed by atoms with van der Waals surface area (Å²) in [6.45, 7) is 0. The van der Waals surface area contributed by atoms with E-state index in [0.29, 0.717) is 0 Å². The van der Waals surface area contributed by atoms with Crippen LogP contribution >= 0.6 is 0 Å². The van der Waals surface area contributed by atoms with Crippen LogP contribution in [0.3, 0.4) is 0 Å². The van der Waals surface area contributed by atoms with Crippen LogP contribution in [0.1, 0.15) is 0 Å². The zero-order valence-electron chi connectivity index (χ0n) is 3.06. The van der Waals surface area contributed by atoms with Crippen molar-refractivity contribution in [1.29, 1.82) is 0 Å². The first-order valence-electron chi connectivity index (χ1n) is 0. The molecule has 5 heteroatoms. The van der Waals surface area contributed by atoms with E-state index < -0.39 is 0 Å². The quantitative estimate of drug-likeness (QED) is 0.497. The van der Waals surface area contributed by atoms with Gasteiger partial charge in [-0.05, 0) is 0 Å². The molecule has 1 nitrogen and oxygen atoms in total. The van der Waals surface area contributed by atoms with Crippen molar-refractivity contribution in [3.05, 3.63) is 0 Å². The van der Waals surface area contributed by atoms with Crippen LogP contribution in [-0.2, 0) is 31.7 Å². The first kappa shape index (κ1) is 39.0. The van der Waals surface area contributed by atoms with Crippen molar-refractivity contribution in [3.63, 3.8) is 0 Å². The summed E-state index contributed by atoms with van der Waals surface area (Å²) in [6, 6.07) is 0. The Morgan fingerprint density at radius 2 is 1.00 bits per heavy atom. The molecule has 0 bridgehead atoms. The van der Waals surface area contributed by atoms with E-state index in [4.69, 9.17) is 0 Å². The maximum absolute atomic E-state index is 0. The van der Waals surface area contributed by atoms with E-state index in [2.05, 4.69) is 0 Å². The molecule has 5 heavy (non-hydrogen) atoms. The fourth-order valence-corrected chi connectivity index (χ4v) is 0. The Morgan fingerprint density at radius 1 is 1.00 bits per heavy atom. The summed E-state index contributed by atoms with van der Waals surface area (Å²) in [7, 11) is 0. The van der Waals surface area contributed by atoms with Gasteiger partial charge in [0, 0.05) is 112 Å². The summed E-state index contributed by atoms with van der Waals surface area (Å²) in [5.74, 6) is 0. The summed E-state index contributed by atoms with van der Waals surface area (Å²) < 4.78 is 0. The molecule has 0 N–H and O–H groups in total. The van der Waals surface area contributed by atoms with E-state index in [0.717, 1.165) is 0 Å². The van der Waals surface area contributed by atoms with E-state index in [9.17, 15) is 0 Å². The van der Waals surface area contributed by atoms with Gasteiger partial charge in [0.2, 0.25) is 0 Å². The molecule has 0 rings (SSSR count). The average Bonchev–Trinajstić information content (AvgIpc) is 0. The maximum Gasteiger partial charge on any atom is 0 e. The first-order valence-corrected chi connectivity index (χ1v) is 0. The molecule has 0 saturated heterocycles. The molecule has 0 heterocycles. The second-order valence-electron chi connectivity index (χ2n) is 0. The standard InChI is InChI=1S/In.La.Li.O.Zr. The van der Waals surface area contributed by atoms with E-state index >= 15 is 0 Å². The predicted octanol–water partition coefficient (Wildman–Crippen LogP) is -0.883. The molecule has 0 spiro atoms. The third-order valence-corrected chi connectivity index (χ3v) is 0. The minimum absolute atomic E-state index is 0. The van der Waals surface area contributed by atoms with Gasteiger partial charge in [0.05, 0.1) is 0 Å². The van der Waals surface area contributed by atoms with E-state index in [-0.39, 0.29) is 112 Å². The third-order valence-electron chi connectivity index (χ3n) is 0. The Labute approximate surface area is 109 Å². The molecule has 0 saturated carbocycles. The maximum atomic E-state index is 0. The molecule has 7 radical (unpaired) electrons. The van der Waals surface area contributed by atoms with Crippen molar-refractivity contribution in [2.45, 2.75) is 0 Å². The molecule has 0 amide bonds. The minimum Gasteiger partial charge on any atom is 0 e. The topological polar surface area (TPSA) is 28.5 Å². The van der Waals surface area contributed by atoms with Gasteiger partial charge in [-0.3, -0.25) is 0 Å². The largest absolute Gasteiger partial charge is 0 e. The van der Waals surface area contributed by atoms with Crippen molar-refractivity contribution in [2.75, 3.05) is 0 Å². The van der Waals surface area contributed by atoms with Crippen LogP contribution in [0.4, 0.5) is 0 Å². The summed E-state index contributed by atoms with van der Waals surface area (Å²) in [6.07, 6.45) is 0. The van der Waals surface area contributed by atoms with Crippen LogP contribution in [0.15, 0.2) is 0 Å². The Hall–Kier alpha value is 3.51. The van der Waals surface area contributed by atoms with Crippen molar-refractivity contribution in [1.82, 2.24) is 0 Å². The predicted molar refractivity (Wildman–Crippen MR) is 12.2 cm³/mol. The van der Waals surface area contributed by atoms with Crippen molar-refractivity contribution < 1.29 is 67.3 Å². The normalized spacial score (nSPS) is 0. The third kappa shape index (κ3) is 18.5. The molecule has 0 fully saturated rings. The average molecular weight is 368 g/mol. The van der Waals surface area contributed by atoms with Crippen molar-refractivity contribution in [3.8, 4) is 0 Å². The van der Waals surface area contributed by atoms with Gasteiger partial charge in [-0.15, -0.1) is 0 Å². The van der Waals surface area contributed by atoms with Crippen LogP contribution in [0.5, 0.6) is 0 Å². The van der Waals surface area contributed by atoms with Gasteiger partial charge >= 0.3 is 0 Å². The molecule has 0 aliphatic heterocycles. The second-order valence-corrected chi connectivity index (χ2v) is 0. The zero-order valence-corrected chi connectivity index (χ0v) is 12.4. The van der Waals surface area contributed by atoms with E-state index in [1.165, 1.54) is 0 Å². The summed E-state index contributed by atoms with van der Waals surface area (Å²) in [4.78, 5) is 0. The Balaban J connectivity index is 0. The molecule has 0 aliphatic rings. The molecule has 0 aromatic heterocycles. The SMILES string of the molecule is [In].[La].[Li].[O].[Zr]. The summed E-state index contributed by atoms with van der Waals surface area (Å²) >= 11 is 0. The molecule has 0 aliphatic carbocycles. The van der Waals surface area contributed by atoms with Crippen LogP contribution in [-0.4, -0.2) is 44.7 Å². The first-order chi connectivity index (χ1) is 0. The summed E-state index contributed by atoms with van der Waals surface area (Å²) in [5, 5.41) is 0. The molecule has 0 aromatic carbocycles. The molecular formula is InLaLiOZr. The Morgan fingerprint density at radius 3 is 1.00 bits per heavy atom. The number of hydrogen-bond acceptors (Lipinski definition) is 0. The van der Waals surface area contributed by atoms with Crippen LogP contribution in [0.2, 0.25) is 0 Å². The molecule has 17 valence electrons. The van der Waals surface area contributed by atoms with Crippen LogP contribution in [0.25, 0.3) is 0 Å². The van der Waals surface area contributed by atoms with Crippen LogP contribution in [0, 0.1) is 35.6 Å². The second kappa shape index (κ2) is 25.8. The zero-order chi connectivity index (χ0) is 0. The van der Waals surface area contributed by atoms with E-state index in [1.54, 1.807) is 0 Å². The van der Waals surface area contributed by atoms with Crippen molar-refractivity contribution >= 4 is 44.7 Å². The molecule has 0 aromatic rings. The van der Waals surface area contributed by atoms with Gasteiger partial charge < -0.3 is 0 Å². The summed E-state index contributed by atoms with van der Waals surface area (Å²) in [5.41, 5.74) is 0. The van der Waals surface area contributed by atoms with Gasteiger partial charge in [-0.25, -0.2) is 0 Å². The van der Waals surface area contributed by atoms with Gasteiger partial charge in [-0.1, -0.05) is 0 Å². The molecular weight excluding hydrogens is 368 g/mol. The number of rotatable bonds is 0. The Kier molecular flexibility index (Phi) is 202. The van der Waals surface area contributed by atoms with E-state index in [1.807, 2.05) is 0 Å². The van der Waals surface area contributed by atoms with Gasteiger partial charge in [0.25, 0.3) is 0 Å². The fraction of sp³-hybridized carbons (Fsp3) is 0. The minimum atomic E-state index is 0. The van der Waals surface area contributed by atoms with Gasteiger partial charge in [0.1, 0.15) is 0 Å². The molecule has 0 unspecified atom stereocenters. The smallest absolute Gasteiger partial charge is 0 e. The monoisotopic (exact) mass is 367 g/mol. The fourth-order valence-electron chi connectivity index (χ4n) is 0. The van der Waals surface area contributed by atoms with Gasteiger partial charge in [-0.2, -0.15) is 0 Å². The van der Waals surface area contributed by atoms with Crippen molar-refractivity contribution in [2.24, 2.45) is 0 Å².